The highest BCUT2D eigenvalue weighted by atomic mass is 17.1. The van der Waals surface area contributed by atoms with Crippen molar-refractivity contribution < 1.29 is 20.3 Å². The van der Waals surface area contributed by atoms with E-state index in [-0.39, 0.29) is 22.7 Å². The summed E-state index contributed by atoms with van der Waals surface area (Å²) in [6.45, 7) is 0. The Morgan fingerprint density at radius 2 is 1.62 bits per heavy atom. The molecule has 0 radical (unpaired) electrons. The second-order valence-corrected chi connectivity index (χ2v) is 5.22. The van der Waals surface area contributed by atoms with E-state index < -0.39 is 11.2 Å². The maximum atomic E-state index is 12.4. The number of fused-ring (bicyclic) bond motifs is 1. The van der Waals surface area contributed by atoms with Crippen molar-refractivity contribution in [3.05, 3.63) is 39.0 Å². The molecule has 0 saturated heterocycles. The Bertz CT molecular complexity index is 1060. The molecule has 0 aliphatic heterocycles. The molecule has 2 N–H and O–H groups in total. The quantitative estimate of drug-likeness (QED) is 0.523. The zero-order valence-corrected chi connectivity index (χ0v) is 13.0. The molecular formula is C14H14N4O6. The van der Waals surface area contributed by atoms with E-state index in [2.05, 4.69) is 14.8 Å². The minimum Gasteiger partial charge on any atom is -0.336 e. The van der Waals surface area contributed by atoms with E-state index in [0.29, 0.717) is 11.4 Å². The molecule has 2 aromatic heterocycles. The zero-order valence-electron chi connectivity index (χ0n) is 13.0. The van der Waals surface area contributed by atoms with Crippen LogP contribution in [0.2, 0.25) is 0 Å². The normalized spacial score (nSPS) is 11.0. The van der Waals surface area contributed by atoms with Gasteiger partial charge in [0.2, 0.25) is 11.5 Å². The predicted octanol–water partition coefficient (Wildman–Crippen LogP) is 0.341. The minimum absolute atomic E-state index is 0.0941. The van der Waals surface area contributed by atoms with E-state index in [9.17, 15) is 9.59 Å². The number of hydrogen-bond acceptors (Lipinski definition) is 7. The summed E-state index contributed by atoms with van der Waals surface area (Å²) in [5.74, 6) is 0.137. The predicted molar refractivity (Wildman–Crippen MR) is 83.1 cm³/mol. The van der Waals surface area contributed by atoms with Gasteiger partial charge in [-0.2, -0.15) is 0 Å². The first-order chi connectivity index (χ1) is 11.4. The molecule has 0 unspecified atom stereocenters. The van der Waals surface area contributed by atoms with Crippen LogP contribution < -0.4 is 21.0 Å². The summed E-state index contributed by atoms with van der Waals surface area (Å²) >= 11 is 0. The number of hydrogen-bond donors (Lipinski definition) is 2. The molecule has 3 aromatic rings. The van der Waals surface area contributed by atoms with Crippen molar-refractivity contribution in [1.82, 2.24) is 18.7 Å². The first-order valence-electron chi connectivity index (χ1n) is 6.80. The third kappa shape index (κ3) is 2.08. The van der Waals surface area contributed by atoms with E-state index >= 15 is 0 Å². The molecule has 10 nitrogen and oxygen atoms in total. The molecule has 1 aromatic carbocycles. The molecule has 0 atom stereocenters. The van der Waals surface area contributed by atoms with Gasteiger partial charge in [-0.15, -0.1) is 0 Å². The Morgan fingerprint density at radius 1 is 0.958 bits per heavy atom. The Morgan fingerprint density at radius 3 is 2.25 bits per heavy atom. The van der Waals surface area contributed by atoms with Gasteiger partial charge in [-0.25, -0.2) is 20.3 Å². The molecule has 0 amide bonds. The molecular weight excluding hydrogens is 320 g/mol. The summed E-state index contributed by atoms with van der Waals surface area (Å²) in [7, 11) is 4.54. The molecule has 0 fully saturated rings. The molecule has 3 rings (SSSR count). The number of rotatable bonds is 3. The van der Waals surface area contributed by atoms with Crippen LogP contribution in [-0.4, -0.2) is 29.2 Å². The molecule has 24 heavy (non-hydrogen) atoms. The van der Waals surface area contributed by atoms with Crippen LogP contribution in [0.25, 0.3) is 22.6 Å². The monoisotopic (exact) mass is 334 g/mol. The van der Waals surface area contributed by atoms with Crippen molar-refractivity contribution in [2.45, 2.75) is 0 Å². The van der Waals surface area contributed by atoms with E-state index in [4.69, 9.17) is 10.5 Å². The lowest BCUT2D eigenvalue weighted by molar-refractivity contribution is -0.164. The van der Waals surface area contributed by atoms with Crippen LogP contribution in [0.3, 0.4) is 0 Å². The van der Waals surface area contributed by atoms with Gasteiger partial charge in [-0.1, -0.05) is 0 Å². The summed E-state index contributed by atoms with van der Waals surface area (Å²) < 4.78 is 3.81. The lowest BCUT2D eigenvalue weighted by Gasteiger charge is -2.06. The van der Waals surface area contributed by atoms with Crippen LogP contribution in [-0.2, 0) is 21.1 Å². The molecule has 10 heteroatoms. The average molecular weight is 334 g/mol. The van der Waals surface area contributed by atoms with Crippen molar-refractivity contribution in [2.75, 3.05) is 0 Å². The van der Waals surface area contributed by atoms with Crippen molar-refractivity contribution >= 4 is 11.2 Å². The van der Waals surface area contributed by atoms with Gasteiger partial charge in [0.1, 0.15) is 5.82 Å². The smallest absolute Gasteiger partial charge is 0.332 e. The third-order valence-electron chi connectivity index (χ3n) is 3.87. The largest absolute Gasteiger partial charge is 0.336 e. The van der Waals surface area contributed by atoms with E-state index in [1.165, 1.54) is 35.4 Å². The Balaban J connectivity index is 2.35. The van der Waals surface area contributed by atoms with Crippen molar-refractivity contribution in [3.63, 3.8) is 0 Å². The summed E-state index contributed by atoms with van der Waals surface area (Å²) in [6.07, 6.45) is 0. The van der Waals surface area contributed by atoms with Crippen LogP contribution in [0.4, 0.5) is 0 Å². The third-order valence-corrected chi connectivity index (χ3v) is 3.87. The standard InChI is InChI=1S/C14H14N4O6/c1-16-10-12(17(2)14(20)18(3)13(10)19)15-11(16)7-4-5-8(23-21)9(6-7)24-22/h4-6,21-22H,1-3H3. The highest BCUT2D eigenvalue weighted by Crippen LogP contribution is 2.32. The number of nitrogens with zero attached hydrogens (tertiary/aromatic N) is 4. The number of aryl methyl sites for hydroxylation is 2. The van der Waals surface area contributed by atoms with Crippen LogP contribution in [0, 0.1) is 0 Å². The molecule has 0 bridgehead atoms. The topological polar surface area (TPSA) is 121 Å². The lowest BCUT2D eigenvalue weighted by Crippen LogP contribution is -2.37. The summed E-state index contributed by atoms with van der Waals surface area (Å²) in [4.78, 5) is 37.0. The van der Waals surface area contributed by atoms with Crippen LogP contribution in [0.1, 0.15) is 0 Å². The lowest BCUT2D eigenvalue weighted by atomic mass is 10.2. The molecule has 0 spiro atoms. The number of aromatic nitrogens is 4. The Labute approximate surface area is 134 Å². The first-order valence-corrected chi connectivity index (χ1v) is 6.80. The summed E-state index contributed by atoms with van der Waals surface area (Å²) in [6, 6.07) is 4.28. The van der Waals surface area contributed by atoms with Gasteiger partial charge in [0.15, 0.2) is 11.2 Å². The average Bonchev–Trinajstić information content (AvgIpc) is 2.95. The van der Waals surface area contributed by atoms with Crippen molar-refractivity contribution in [3.8, 4) is 22.9 Å². The Kier molecular flexibility index (Phi) is 3.62. The van der Waals surface area contributed by atoms with Crippen LogP contribution in [0.15, 0.2) is 27.8 Å². The minimum atomic E-state index is -0.486. The number of benzene rings is 1. The molecule has 126 valence electrons. The highest BCUT2D eigenvalue weighted by molar-refractivity contribution is 5.77. The zero-order chi connectivity index (χ0) is 17.6. The van der Waals surface area contributed by atoms with E-state index in [0.717, 1.165) is 4.57 Å². The van der Waals surface area contributed by atoms with Crippen LogP contribution in [0.5, 0.6) is 11.5 Å². The maximum Gasteiger partial charge on any atom is 0.332 e. The molecule has 0 aliphatic carbocycles. The van der Waals surface area contributed by atoms with Gasteiger partial charge in [0.05, 0.1) is 0 Å². The second-order valence-electron chi connectivity index (χ2n) is 5.22. The number of imidazole rings is 1. The van der Waals surface area contributed by atoms with Gasteiger partial charge < -0.3 is 14.3 Å². The Hall–Kier alpha value is -3.11. The van der Waals surface area contributed by atoms with Gasteiger partial charge in [-0.3, -0.25) is 13.9 Å². The van der Waals surface area contributed by atoms with Gasteiger partial charge >= 0.3 is 5.69 Å². The molecule has 2 heterocycles. The molecule has 0 saturated carbocycles. The van der Waals surface area contributed by atoms with Crippen molar-refractivity contribution in [1.29, 1.82) is 0 Å². The van der Waals surface area contributed by atoms with Crippen molar-refractivity contribution in [2.24, 2.45) is 21.1 Å². The summed E-state index contributed by atoms with van der Waals surface area (Å²) in [5.41, 5.74) is 0.00927. The fraction of sp³-hybridized carbons (Fsp3) is 0.214. The second kappa shape index (κ2) is 5.51. The SMILES string of the molecule is Cn1c(=O)c2c(nc(-c3ccc(OO)c(OO)c3)n2C)n(C)c1=O. The maximum absolute atomic E-state index is 12.4. The fourth-order valence-corrected chi connectivity index (χ4v) is 2.57. The highest BCUT2D eigenvalue weighted by Gasteiger charge is 2.19. The van der Waals surface area contributed by atoms with E-state index in [1.807, 2.05) is 0 Å². The van der Waals surface area contributed by atoms with Gasteiger partial charge in [-0.05, 0) is 18.2 Å². The first kappa shape index (κ1) is 15.8. The summed E-state index contributed by atoms with van der Waals surface area (Å²) in [5, 5.41) is 17.6. The van der Waals surface area contributed by atoms with Crippen LogP contribution >= 0.6 is 0 Å². The van der Waals surface area contributed by atoms with E-state index in [1.54, 1.807) is 13.1 Å². The molecule has 0 aliphatic rings. The van der Waals surface area contributed by atoms with Gasteiger partial charge in [0, 0.05) is 26.7 Å². The van der Waals surface area contributed by atoms with Gasteiger partial charge in [0.25, 0.3) is 5.56 Å². The fourth-order valence-electron chi connectivity index (χ4n) is 2.57.